The summed E-state index contributed by atoms with van der Waals surface area (Å²) in [6.07, 6.45) is 0. The van der Waals surface area contributed by atoms with Gasteiger partial charge in [-0.25, -0.2) is 0 Å². The first kappa shape index (κ1) is 14.9. The van der Waals surface area contributed by atoms with Crippen LogP contribution in [0.15, 0.2) is 40.6 Å². The Morgan fingerprint density at radius 3 is 2.58 bits per heavy atom. The van der Waals surface area contributed by atoms with Crippen LogP contribution in [0.1, 0.15) is 23.4 Å². The molecular weight excluding hydrogens is 294 g/mol. The fourth-order valence-electron chi connectivity index (χ4n) is 1.93. The molecule has 0 spiro atoms. The zero-order valence-electron chi connectivity index (χ0n) is 11.2. The minimum Gasteiger partial charge on any atom is -0.309 e. The van der Waals surface area contributed by atoms with Crippen molar-refractivity contribution in [2.45, 2.75) is 24.8 Å². The second-order valence-electron chi connectivity index (χ2n) is 4.34. The second kappa shape index (κ2) is 7.34. The minimum absolute atomic E-state index is 0.422. The van der Waals surface area contributed by atoms with E-state index in [1.807, 2.05) is 35.2 Å². The predicted molar refractivity (Wildman–Crippen MR) is 87.6 cm³/mol. The van der Waals surface area contributed by atoms with E-state index in [1.54, 1.807) is 0 Å². The van der Waals surface area contributed by atoms with Crippen LogP contribution < -0.4 is 5.32 Å². The molecule has 1 nitrogen and oxygen atoms in total. The van der Waals surface area contributed by atoms with Crippen LogP contribution in [0, 0.1) is 6.92 Å². The number of aryl methyl sites for hydroxylation is 1. The summed E-state index contributed by atoms with van der Waals surface area (Å²) in [5.74, 6) is 1.04. The first-order chi connectivity index (χ1) is 9.20. The van der Waals surface area contributed by atoms with Crippen LogP contribution >= 0.6 is 34.7 Å². The Hall–Kier alpha value is -0.480. The molecule has 0 aliphatic heterocycles. The highest BCUT2D eigenvalue weighted by atomic mass is 35.5. The average molecular weight is 312 g/mol. The molecule has 1 aromatic heterocycles. The lowest BCUT2D eigenvalue weighted by molar-refractivity contribution is 0.612. The van der Waals surface area contributed by atoms with Gasteiger partial charge in [0.05, 0.1) is 6.04 Å². The van der Waals surface area contributed by atoms with Gasteiger partial charge in [0.15, 0.2) is 0 Å². The van der Waals surface area contributed by atoms with Crippen LogP contribution in [-0.4, -0.2) is 12.3 Å². The number of thioether (sulfide) groups is 1. The minimum atomic E-state index is 0.422. The normalized spacial score (nSPS) is 12.6. The Balaban J connectivity index is 2.01. The number of hydrogen-bond acceptors (Lipinski definition) is 3. The third-order valence-corrected chi connectivity index (χ3v) is 5.39. The molecule has 1 heterocycles. The Morgan fingerprint density at radius 2 is 2.00 bits per heavy atom. The third kappa shape index (κ3) is 4.25. The van der Waals surface area contributed by atoms with Gasteiger partial charge in [0.2, 0.25) is 0 Å². The number of rotatable bonds is 6. The topological polar surface area (TPSA) is 12.0 Å². The predicted octanol–water partition coefficient (Wildman–Crippen LogP) is 5.15. The smallest absolute Gasteiger partial charge is 0.0512 e. The summed E-state index contributed by atoms with van der Waals surface area (Å²) in [5.41, 5.74) is 1.38. The Labute approximate surface area is 128 Å². The first-order valence-electron chi connectivity index (χ1n) is 6.36. The van der Waals surface area contributed by atoms with Crippen LogP contribution in [0.2, 0.25) is 5.02 Å². The van der Waals surface area contributed by atoms with E-state index in [9.17, 15) is 0 Å². The summed E-state index contributed by atoms with van der Waals surface area (Å²) in [5, 5.41) is 6.53. The van der Waals surface area contributed by atoms with E-state index in [0.29, 0.717) is 6.04 Å². The summed E-state index contributed by atoms with van der Waals surface area (Å²) in [4.78, 5) is 2.71. The highest BCUT2D eigenvalue weighted by molar-refractivity contribution is 7.99. The lowest BCUT2D eigenvalue weighted by Gasteiger charge is -2.17. The number of nitrogens with one attached hydrogen (secondary N) is 1. The van der Waals surface area contributed by atoms with Gasteiger partial charge in [-0.05, 0) is 54.7 Å². The molecule has 2 rings (SSSR count). The third-order valence-electron chi connectivity index (χ3n) is 2.90. The Kier molecular flexibility index (Phi) is 5.76. The maximum atomic E-state index is 5.91. The van der Waals surface area contributed by atoms with Gasteiger partial charge in [-0.3, -0.25) is 0 Å². The van der Waals surface area contributed by atoms with Crippen molar-refractivity contribution in [1.29, 1.82) is 0 Å². The summed E-state index contributed by atoms with van der Waals surface area (Å²) in [6.45, 7) is 5.33. The van der Waals surface area contributed by atoms with Crippen molar-refractivity contribution < 1.29 is 0 Å². The van der Waals surface area contributed by atoms with E-state index in [0.717, 1.165) is 17.3 Å². The highest BCUT2D eigenvalue weighted by Crippen LogP contribution is 2.30. The summed E-state index contributed by atoms with van der Waals surface area (Å²) >= 11 is 9.61. The lowest BCUT2D eigenvalue weighted by atomic mass is 10.2. The van der Waals surface area contributed by atoms with E-state index >= 15 is 0 Å². The van der Waals surface area contributed by atoms with Crippen molar-refractivity contribution in [1.82, 2.24) is 5.32 Å². The van der Waals surface area contributed by atoms with Gasteiger partial charge in [0.1, 0.15) is 0 Å². The van der Waals surface area contributed by atoms with Gasteiger partial charge < -0.3 is 5.32 Å². The van der Waals surface area contributed by atoms with Gasteiger partial charge in [0.25, 0.3) is 0 Å². The van der Waals surface area contributed by atoms with Crippen molar-refractivity contribution in [3.63, 3.8) is 0 Å². The fourth-order valence-corrected chi connectivity index (χ4v) is 4.13. The molecule has 0 bridgehead atoms. The van der Waals surface area contributed by atoms with Crippen molar-refractivity contribution in [3.8, 4) is 0 Å². The van der Waals surface area contributed by atoms with Crippen LogP contribution in [0.25, 0.3) is 0 Å². The SMILES string of the molecule is CCNC(CSc1ccc(Cl)cc1)c1sccc1C. The van der Waals surface area contributed by atoms with Crippen molar-refractivity contribution in [2.75, 3.05) is 12.3 Å². The molecule has 19 heavy (non-hydrogen) atoms. The molecule has 0 radical (unpaired) electrons. The standard InChI is InChI=1S/C15H18ClNS2/c1-3-17-14(15-11(2)8-9-18-15)10-19-13-6-4-12(16)5-7-13/h4-9,14,17H,3,10H2,1-2H3. The zero-order valence-corrected chi connectivity index (χ0v) is 13.5. The Morgan fingerprint density at radius 1 is 1.26 bits per heavy atom. The maximum absolute atomic E-state index is 5.91. The quantitative estimate of drug-likeness (QED) is 0.740. The molecule has 1 unspecified atom stereocenters. The van der Waals surface area contributed by atoms with Gasteiger partial charge in [-0.2, -0.15) is 0 Å². The summed E-state index contributed by atoms with van der Waals surface area (Å²) in [6, 6.07) is 10.7. The molecule has 1 N–H and O–H groups in total. The summed E-state index contributed by atoms with van der Waals surface area (Å²) < 4.78 is 0. The first-order valence-corrected chi connectivity index (χ1v) is 8.60. The van der Waals surface area contributed by atoms with Crippen molar-refractivity contribution in [2.24, 2.45) is 0 Å². The van der Waals surface area contributed by atoms with Gasteiger partial charge in [-0.15, -0.1) is 23.1 Å². The molecule has 1 aromatic carbocycles. The zero-order chi connectivity index (χ0) is 13.7. The second-order valence-corrected chi connectivity index (χ2v) is 6.82. The van der Waals surface area contributed by atoms with E-state index in [4.69, 9.17) is 11.6 Å². The number of thiophene rings is 1. The maximum Gasteiger partial charge on any atom is 0.0512 e. The van der Waals surface area contributed by atoms with Crippen LogP contribution in [0.5, 0.6) is 0 Å². The van der Waals surface area contributed by atoms with Gasteiger partial charge in [0, 0.05) is 20.5 Å². The molecular formula is C15H18ClNS2. The molecule has 0 fully saturated rings. The number of hydrogen-bond donors (Lipinski definition) is 1. The number of halogens is 1. The molecule has 1 atom stereocenters. The fraction of sp³-hybridized carbons (Fsp3) is 0.333. The largest absolute Gasteiger partial charge is 0.309 e. The van der Waals surface area contributed by atoms with Crippen molar-refractivity contribution >= 4 is 34.7 Å². The van der Waals surface area contributed by atoms with Crippen LogP contribution in [0.3, 0.4) is 0 Å². The van der Waals surface area contributed by atoms with E-state index in [1.165, 1.54) is 15.3 Å². The number of benzene rings is 1. The molecule has 102 valence electrons. The molecule has 0 saturated heterocycles. The molecule has 2 aromatic rings. The van der Waals surface area contributed by atoms with Crippen LogP contribution in [0.4, 0.5) is 0 Å². The molecule has 0 aliphatic rings. The molecule has 0 saturated carbocycles. The van der Waals surface area contributed by atoms with Gasteiger partial charge in [-0.1, -0.05) is 18.5 Å². The lowest BCUT2D eigenvalue weighted by Crippen LogP contribution is -2.22. The van der Waals surface area contributed by atoms with Crippen LogP contribution in [-0.2, 0) is 0 Å². The molecule has 0 amide bonds. The average Bonchev–Trinajstić information content (AvgIpc) is 2.83. The van der Waals surface area contributed by atoms with E-state index in [-0.39, 0.29) is 0 Å². The Bertz CT molecular complexity index is 507. The van der Waals surface area contributed by atoms with E-state index < -0.39 is 0 Å². The molecule has 0 aliphatic carbocycles. The molecule has 4 heteroatoms. The summed E-state index contributed by atoms with van der Waals surface area (Å²) in [7, 11) is 0. The van der Waals surface area contributed by atoms with E-state index in [2.05, 4.69) is 42.7 Å². The van der Waals surface area contributed by atoms with Gasteiger partial charge >= 0.3 is 0 Å². The monoisotopic (exact) mass is 311 g/mol. The highest BCUT2D eigenvalue weighted by Gasteiger charge is 2.14. The van der Waals surface area contributed by atoms with Crippen molar-refractivity contribution in [3.05, 3.63) is 51.2 Å².